The molecule has 0 atom stereocenters. The van der Waals surface area contributed by atoms with E-state index < -0.39 is 9.84 Å². The monoisotopic (exact) mass is 781 g/mol. The molecule has 0 radical (unpaired) electrons. The van der Waals surface area contributed by atoms with E-state index in [0.717, 1.165) is 55.0 Å². The summed E-state index contributed by atoms with van der Waals surface area (Å²) in [6, 6.07) is 53.3. The third kappa shape index (κ3) is 3.24. The van der Waals surface area contributed by atoms with Crippen LogP contribution in [0.4, 0.5) is 0 Å². The maximum absolute atomic E-state index is 15.2. The molecule has 0 unspecified atom stereocenters. The highest BCUT2D eigenvalue weighted by Crippen LogP contribution is 2.63. The summed E-state index contributed by atoms with van der Waals surface area (Å²) >= 11 is 0. The van der Waals surface area contributed by atoms with Gasteiger partial charge in [-0.2, -0.15) is 10.5 Å². The molecule has 0 saturated heterocycles. The zero-order valence-electron chi connectivity index (χ0n) is 31.7. The van der Waals surface area contributed by atoms with Gasteiger partial charge >= 0.3 is 0 Å². The highest BCUT2D eigenvalue weighted by atomic mass is 32.2. The van der Waals surface area contributed by atoms with Gasteiger partial charge in [0, 0.05) is 56.3 Å². The van der Waals surface area contributed by atoms with E-state index in [-0.39, 0.29) is 23.7 Å². The first kappa shape index (κ1) is 31.5. The van der Waals surface area contributed by atoms with Crippen molar-refractivity contribution in [1.29, 1.82) is 10.5 Å². The van der Waals surface area contributed by atoms with Gasteiger partial charge < -0.3 is 4.40 Å². The fourth-order valence-corrected chi connectivity index (χ4v) is 14.8. The molecule has 4 bridgehead atoms. The van der Waals surface area contributed by atoms with Crippen LogP contribution in [-0.2, 0) is 9.84 Å². The minimum absolute atomic E-state index is 0.118. The average molecular weight is 782 g/mol. The summed E-state index contributed by atoms with van der Waals surface area (Å²) in [4.78, 5) is 0.657. The van der Waals surface area contributed by atoms with Crippen molar-refractivity contribution in [2.24, 2.45) is 0 Å². The Bertz CT molecular complexity index is 3880. The van der Waals surface area contributed by atoms with Crippen LogP contribution < -0.4 is 0 Å². The number of hydrogen-bond donors (Lipinski definition) is 0. The lowest BCUT2D eigenvalue weighted by atomic mass is 9.59. The van der Waals surface area contributed by atoms with Crippen LogP contribution in [0.2, 0.25) is 0 Å². The lowest BCUT2D eigenvalue weighted by molar-refractivity contribution is 0.599. The molecule has 0 saturated carbocycles. The molecule has 17 rings (SSSR count). The number of fused-ring (bicyclic) bond motifs is 10. The molecular formula is C54H27N3O2S. The molecule has 1 aliphatic heterocycles. The molecule has 0 fully saturated rings. The highest BCUT2D eigenvalue weighted by molar-refractivity contribution is 7.92. The summed E-state index contributed by atoms with van der Waals surface area (Å²) in [6.45, 7) is 0. The second-order valence-electron chi connectivity index (χ2n) is 17.1. The molecule has 6 heteroatoms. The SMILES string of the molecule is N#Cc1cc2c(c3c1C1c4ccccc4C3c3ccccc31)c1cc3c(c4c5c6c(c(C#N)cc5n2c14)C1c2ccccc2C6c2ccccc21)S(=O)(=O)c1ccccc1-3. The summed E-state index contributed by atoms with van der Waals surface area (Å²) in [5, 5.41) is 25.9. The van der Waals surface area contributed by atoms with Crippen LogP contribution in [0.5, 0.6) is 0 Å². The number of aromatic nitrogens is 1. The maximum Gasteiger partial charge on any atom is 0.208 e. The van der Waals surface area contributed by atoms with E-state index in [0.29, 0.717) is 37.4 Å². The number of sulfone groups is 1. The van der Waals surface area contributed by atoms with Gasteiger partial charge in [0.25, 0.3) is 0 Å². The summed E-state index contributed by atoms with van der Waals surface area (Å²) in [6.07, 6.45) is 0. The molecule has 8 aromatic carbocycles. The number of hydrogen-bond acceptors (Lipinski definition) is 4. The smallest absolute Gasteiger partial charge is 0.208 e. The Hall–Kier alpha value is -7.51. The minimum Gasteiger partial charge on any atom is -0.308 e. The Morgan fingerprint density at radius 3 is 1.32 bits per heavy atom. The summed E-state index contributed by atoms with van der Waals surface area (Å²) < 4.78 is 32.6. The third-order valence-electron chi connectivity index (χ3n) is 14.9. The van der Waals surface area contributed by atoms with Crippen molar-refractivity contribution >= 4 is 47.9 Å². The zero-order valence-corrected chi connectivity index (χ0v) is 32.5. The molecule has 60 heavy (non-hydrogen) atoms. The topological polar surface area (TPSA) is 86.1 Å². The van der Waals surface area contributed by atoms with Gasteiger partial charge in [-0.1, -0.05) is 115 Å². The molecule has 6 aliphatic carbocycles. The molecule has 0 amide bonds. The second kappa shape index (κ2) is 10.2. The van der Waals surface area contributed by atoms with Crippen LogP contribution in [-0.4, -0.2) is 12.8 Å². The van der Waals surface area contributed by atoms with E-state index in [1.165, 1.54) is 44.5 Å². The van der Waals surface area contributed by atoms with Gasteiger partial charge in [-0.15, -0.1) is 0 Å². The first-order valence-corrected chi connectivity index (χ1v) is 21.9. The van der Waals surface area contributed by atoms with E-state index in [2.05, 4.69) is 126 Å². The van der Waals surface area contributed by atoms with Gasteiger partial charge in [0.15, 0.2) is 0 Å². The van der Waals surface area contributed by atoms with Crippen LogP contribution in [0.3, 0.4) is 0 Å². The number of rotatable bonds is 0. The Kier molecular flexibility index (Phi) is 5.35. The van der Waals surface area contributed by atoms with E-state index >= 15 is 8.42 Å². The molecule has 0 N–H and O–H groups in total. The molecule has 0 spiro atoms. The van der Waals surface area contributed by atoms with E-state index in [4.69, 9.17) is 0 Å². The largest absolute Gasteiger partial charge is 0.308 e. The molecule has 10 aromatic rings. The molecular weight excluding hydrogens is 755 g/mol. The Morgan fingerprint density at radius 2 is 0.850 bits per heavy atom. The van der Waals surface area contributed by atoms with E-state index in [1.807, 2.05) is 24.3 Å². The van der Waals surface area contributed by atoms with Crippen molar-refractivity contribution in [1.82, 2.24) is 4.40 Å². The average Bonchev–Trinajstić information content (AvgIpc) is 3.89. The second-order valence-corrected chi connectivity index (χ2v) is 19.0. The van der Waals surface area contributed by atoms with Crippen LogP contribution in [0.15, 0.2) is 149 Å². The molecule has 2 aromatic heterocycles. The standard InChI is InChI=1S/C54H27N3O2S/c55-24-26-21-39-48(50-42(26)44-29-12-1-5-16-33(29)46(50)34-17-6-2-13-30(34)44)38-23-37-28-11-9-10-20-41(28)60(58,59)54(37)52-49-40(57(39)53(38)52)22-27(25-56)43-45-31-14-3-7-18-35(31)47(51(43)49)36-19-8-4-15-32(36)45/h1-23,44-47H. The fraction of sp³-hybridized carbons (Fsp3) is 0.0741. The lowest BCUT2D eigenvalue weighted by Gasteiger charge is -2.43. The summed E-state index contributed by atoms with van der Waals surface area (Å²) in [7, 11) is -3.97. The number of nitriles is 2. The molecule has 276 valence electrons. The van der Waals surface area contributed by atoms with Crippen LogP contribution in [0.1, 0.15) is 102 Å². The van der Waals surface area contributed by atoms with Gasteiger partial charge in [0.2, 0.25) is 9.84 Å². The van der Waals surface area contributed by atoms with Gasteiger partial charge in [-0.25, -0.2) is 8.42 Å². The van der Waals surface area contributed by atoms with Crippen molar-refractivity contribution in [3.63, 3.8) is 0 Å². The first-order chi connectivity index (χ1) is 29.5. The Labute approximate surface area is 343 Å². The molecule has 3 heterocycles. The van der Waals surface area contributed by atoms with Gasteiger partial charge in [0.1, 0.15) is 0 Å². The van der Waals surface area contributed by atoms with E-state index in [9.17, 15) is 10.5 Å². The Morgan fingerprint density at radius 1 is 0.450 bits per heavy atom. The van der Waals surface area contributed by atoms with Crippen LogP contribution >= 0.6 is 0 Å². The number of benzene rings is 8. The van der Waals surface area contributed by atoms with Crippen LogP contribution in [0.25, 0.3) is 49.2 Å². The van der Waals surface area contributed by atoms with Crippen molar-refractivity contribution < 1.29 is 8.42 Å². The Balaban J connectivity index is 1.20. The molecule has 7 aliphatic rings. The summed E-state index contributed by atoms with van der Waals surface area (Å²) in [5.41, 5.74) is 19.0. The van der Waals surface area contributed by atoms with E-state index in [1.54, 1.807) is 6.07 Å². The van der Waals surface area contributed by atoms with Gasteiger partial charge in [-0.3, -0.25) is 0 Å². The highest BCUT2D eigenvalue weighted by Gasteiger charge is 2.48. The van der Waals surface area contributed by atoms with Crippen molar-refractivity contribution in [3.05, 3.63) is 217 Å². The predicted molar refractivity (Wildman–Crippen MR) is 231 cm³/mol. The van der Waals surface area contributed by atoms with Gasteiger partial charge in [-0.05, 0) is 91.0 Å². The van der Waals surface area contributed by atoms with Crippen molar-refractivity contribution in [3.8, 4) is 23.3 Å². The van der Waals surface area contributed by atoms with Gasteiger partial charge in [0.05, 0.1) is 49.6 Å². The fourth-order valence-electron chi connectivity index (χ4n) is 13.0. The maximum atomic E-state index is 15.2. The summed E-state index contributed by atoms with van der Waals surface area (Å²) in [5.74, 6) is -0.629. The minimum atomic E-state index is -3.97. The van der Waals surface area contributed by atoms with Crippen LogP contribution in [0, 0.1) is 22.7 Å². The first-order valence-electron chi connectivity index (χ1n) is 20.4. The zero-order chi connectivity index (χ0) is 39.5. The lowest BCUT2D eigenvalue weighted by Crippen LogP contribution is -2.28. The molecule has 5 nitrogen and oxygen atoms in total. The third-order valence-corrected chi connectivity index (χ3v) is 16.8. The predicted octanol–water partition coefficient (Wildman–Crippen LogP) is 11.4. The number of nitrogens with zero attached hydrogens (tertiary/aromatic N) is 3. The van der Waals surface area contributed by atoms with Crippen molar-refractivity contribution in [2.45, 2.75) is 33.5 Å². The van der Waals surface area contributed by atoms with Crippen molar-refractivity contribution in [2.75, 3.05) is 0 Å². The quantitative estimate of drug-likeness (QED) is 0.153. The normalized spacial score (nSPS) is 19.9.